The van der Waals surface area contributed by atoms with Gasteiger partial charge in [-0.25, -0.2) is 0 Å². The van der Waals surface area contributed by atoms with E-state index in [0.29, 0.717) is 0 Å². The summed E-state index contributed by atoms with van der Waals surface area (Å²) < 4.78 is 8.55. The molecule has 0 aromatic carbocycles. The molecule has 0 aliphatic carbocycles. The maximum atomic E-state index is 8.55. The molecule has 7 nitrogen and oxygen atoms in total. The van der Waals surface area contributed by atoms with E-state index in [1.54, 1.807) is 0 Å². The standard InChI is InChI=1S/BHO3.H3O4P.V/c2-1(3)4;1-5(2,3)4;/h2H;(H3,1,2,3,4);/q-2;;/p-3. The zero-order valence-electron chi connectivity index (χ0n) is 4.37. The Balaban J connectivity index is -0.0000000910. The molecule has 0 unspecified atom stereocenters. The van der Waals surface area contributed by atoms with E-state index in [9.17, 15) is 0 Å². The van der Waals surface area contributed by atoms with Gasteiger partial charge in [0, 0.05) is 18.6 Å². The van der Waals surface area contributed by atoms with Crippen molar-refractivity contribution in [2.45, 2.75) is 0 Å². The summed E-state index contributed by atoms with van der Waals surface area (Å²) in [5, 5.41) is 24.0. The molecule has 0 atom stereocenters. The van der Waals surface area contributed by atoms with Crippen molar-refractivity contribution < 1.29 is 52.9 Å². The molecule has 0 aliphatic rings. The summed E-state index contributed by atoms with van der Waals surface area (Å²) >= 11 is 0. The second-order valence-electron chi connectivity index (χ2n) is 0.754. The Bertz CT molecular complexity index is 84.8. The van der Waals surface area contributed by atoms with Crippen molar-refractivity contribution in [3.05, 3.63) is 0 Å². The van der Waals surface area contributed by atoms with E-state index in [-0.39, 0.29) is 18.6 Å². The van der Waals surface area contributed by atoms with Gasteiger partial charge in [-0.3, -0.25) is 0 Å². The summed E-state index contributed by atoms with van der Waals surface area (Å²) in [6, 6.07) is 0. The first-order valence-electron chi connectivity index (χ1n) is 1.46. The summed E-state index contributed by atoms with van der Waals surface area (Å²) in [7, 11) is -8.06. The molecule has 0 bridgehead atoms. The number of hydrogen-bond donors (Lipinski definition) is 1. The second kappa shape index (κ2) is 7.74. The predicted octanol–water partition coefficient (Wildman–Crippen LogP) is -6.14. The van der Waals surface area contributed by atoms with Crippen LogP contribution in [0.3, 0.4) is 0 Å². The van der Waals surface area contributed by atoms with Gasteiger partial charge in [-0.05, 0) is 0 Å². The van der Waals surface area contributed by atoms with Crippen LogP contribution in [0.1, 0.15) is 0 Å². The maximum absolute atomic E-state index is 8.55. The van der Waals surface area contributed by atoms with Crippen LogP contribution in [-0.2, 0) is 23.1 Å². The third kappa shape index (κ3) is 1230. The topological polar surface area (TPSA) is 153 Å². The van der Waals surface area contributed by atoms with Crippen LogP contribution in [0.15, 0.2) is 0 Å². The molecule has 0 fully saturated rings. The van der Waals surface area contributed by atoms with Crippen molar-refractivity contribution in [2.24, 2.45) is 0 Å². The van der Waals surface area contributed by atoms with Gasteiger partial charge in [0.1, 0.15) is 0 Å². The average Bonchev–Trinajstić information content (AvgIpc) is 1.19. The summed E-state index contributed by atoms with van der Waals surface area (Å²) in [6.45, 7) is 0. The summed E-state index contributed by atoms with van der Waals surface area (Å²) in [4.78, 5) is 25.6. The SMILES string of the molecule is O=P([O-])([O-])[O-].[O-]B([O-])O.[V]. The first-order chi connectivity index (χ1) is 3.73. The molecule has 1 radical (unpaired) electrons. The van der Waals surface area contributed by atoms with Crippen LogP contribution in [0, 0.1) is 0 Å². The third-order valence-electron chi connectivity index (χ3n) is 0. The van der Waals surface area contributed by atoms with Crippen molar-refractivity contribution in [1.82, 2.24) is 0 Å². The molecule has 10 heteroatoms. The molecule has 1 N–H and O–H groups in total. The molecule has 0 aromatic rings. The normalized spacial score (nSPS) is 8.60. The largest absolute Gasteiger partial charge is 0.871 e. The minimum absolute atomic E-state index is 0. The minimum Gasteiger partial charge on any atom is -0.871 e. The van der Waals surface area contributed by atoms with E-state index in [2.05, 4.69) is 0 Å². The minimum atomic E-state index is -5.39. The number of rotatable bonds is 0. The molecule has 0 saturated heterocycles. The fraction of sp³-hybridized carbons (Fsp3) is 0. The molecule has 0 rings (SSSR count). The van der Waals surface area contributed by atoms with Crippen LogP contribution in [0.4, 0.5) is 0 Å². The number of phosphoric acid groups is 1. The molecule has 10 heavy (non-hydrogen) atoms. The molecule has 0 heterocycles. The van der Waals surface area contributed by atoms with Crippen LogP contribution in [0.25, 0.3) is 0 Å². The molecule has 0 saturated carbocycles. The van der Waals surface area contributed by atoms with Gasteiger partial charge in [0.25, 0.3) is 0 Å². The first kappa shape index (κ1) is 16.9. The fourth-order valence-electron chi connectivity index (χ4n) is 0. The monoisotopic (exact) mass is 206 g/mol. The smallest absolute Gasteiger partial charge is 0.0554 e. The van der Waals surface area contributed by atoms with E-state index >= 15 is 0 Å². The summed E-state index contributed by atoms with van der Waals surface area (Å²) in [5.41, 5.74) is 0. The third-order valence-corrected chi connectivity index (χ3v) is 0. The van der Waals surface area contributed by atoms with Gasteiger partial charge in [-0.2, -0.15) is 7.82 Å². The quantitative estimate of drug-likeness (QED) is 0.305. The van der Waals surface area contributed by atoms with Gasteiger partial charge < -0.3 is 34.3 Å². The van der Waals surface area contributed by atoms with Crippen LogP contribution < -0.4 is 24.7 Å². The zero-order valence-corrected chi connectivity index (χ0v) is 6.66. The molecule has 0 amide bonds. The summed E-state index contributed by atoms with van der Waals surface area (Å²) in [6.07, 6.45) is 0. The Hall–Kier alpha value is 0.639. The molecular formula is HBO7PV-5. The van der Waals surface area contributed by atoms with Crippen LogP contribution in [0.2, 0.25) is 0 Å². The van der Waals surface area contributed by atoms with E-state index in [1.807, 2.05) is 0 Å². The van der Waals surface area contributed by atoms with E-state index in [1.165, 1.54) is 0 Å². The van der Waals surface area contributed by atoms with E-state index in [0.717, 1.165) is 0 Å². The van der Waals surface area contributed by atoms with Crippen LogP contribution >= 0.6 is 7.82 Å². The molecule has 0 aromatic heterocycles. The molecule has 0 aliphatic heterocycles. The van der Waals surface area contributed by atoms with Gasteiger partial charge in [-0.1, -0.05) is 0 Å². The Morgan fingerprint density at radius 2 is 1.20 bits per heavy atom. The Morgan fingerprint density at radius 1 is 1.20 bits per heavy atom. The van der Waals surface area contributed by atoms with E-state index < -0.39 is 15.1 Å². The molecule has 61 valence electrons. The van der Waals surface area contributed by atoms with Gasteiger partial charge in [-0.15, -0.1) is 0 Å². The van der Waals surface area contributed by atoms with E-state index in [4.69, 9.17) is 34.3 Å². The van der Waals surface area contributed by atoms with Crippen molar-refractivity contribution >= 4 is 15.1 Å². The molecular weight excluding hydrogens is 205 g/mol. The maximum Gasteiger partial charge on any atom is 0.0554 e. The fourth-order valence-corrected chi connectivity index (χ4v) is 0. The van der Waals surface area contributed by atoms with Crippen LogP contribution in [0.5, 0.6) is 0 Å². The average molecular weight is 206 g/mol. The predicted molar refractivity (Wildman–Crippen MR) is 15.6 cm³/mol. The molecule has 0 spiro atoms. The van der Waals surface area contributed by atoms with Gasteiger partial charge in [0.2, 0.25) is 0 Å². The first-order valence-corrected chi connectivity index (χ1v) is 2.92. The van der Waals surface area contributed by atoms with Crippen molar-refractivity contribution in [2.75, 3.05) is 0 Å². The second-order valence-corrected chi connectivity index (χ2v) is 1.65. The Labute approximate surface area is 68.6 Å². The van der Waals surface area contributed by atoms with Gasteiger partial charge in [0.15, 0.2) is 0 Å². The Morgan fingerprint density at radius 3 is 1.20 bits per heavy atom. The van der Waals surface area contributed by atoms with Crippen molar-refractivity contribution in [3.8, 4) is 0 Å². The van der Waals surface area contributed by atoms with Gasteiger partial charge in [0.05, 0.1) is 7.32 Å². The van der Waals surface area contributed by atoms with Gasteiger partial charge >= 0.3 is 0 Å². The van der Waals surface area contributed by atoms with Crippen molar-refractivity contribution in [3.63, 3.8) is 0 Å². The zero-order chi connectivity index (χ0) is 8.08. The Kier molecular flexibility index (Phi) is 13.1. The summed E-state index contributed by atoms with van der Waals surface area (Å²) in [5.74, 6) is 0. The number of hydrogen-bond acceptors (Lipinski definition) is 7. The van der Waals surface area contributed by atoms with Crippen LogP contribution in [-0.4, -0.2) is 12.3 Å². The van der Waals surface area contributed by atoms with Crippen molar-refractivity contribution in [1.29, 1.82) is 0 Å².